The van der Waals surface area contributed by atoms with Crippen molar-refractivity contribution in [2.75, 3.05) is 58.4 Å². The van der Waals surface area contributed by atoms with Crippen molar-refractivity contribution >= 4 is 11.7 Å². The van der Waals surface area contributed by atoms with Crippen molar-refractivity contribution in [3.05, 3.63) is 48.2 Å². The lowest BCUT2D eigenvalue weighted by molar-refractivity contribution is 0.0946. The van der Waals surface area contributed by atoms with Crippen LogP contribution in [0.1, 0.15) is 10.4 Å². The van der Waals surface area contributed by atoms with Crippen LogP contribution in [0.25, 0.3) is 0 Å². The number of benzene rings is 1. The van der Waals surface area contributed by atoms with E-state index in [0.29, 0.717) is 18.7 Å². The molecule has 144 valence electrons. The Morgan fingerprint density at radius 1 is 1.07 bits per heavy atom. The number of pyridine rings is 1. The van der Waals surface area contributed by atoms with E-state index >= 15 is 0 Å². The van der Waals surface area contributed by atoms with Gasteiger partial charge >= 0.3 is 0 Å². The molecule has 0 saturated carbocycles. The van der Waals surface area contributed by atoms with Crippen molar-refractivity contribution in [2.45, 2.75) is 0 Å². The van der Waals surface area contributed by atoms with E-state index in [-0.39, 0.29) is 5.91 Å². The first-order chi connectivity index (χ1) is 13.2. The number of piperazine rings is 1. The topological polar surface area (TPSA) is 66.9 Å². The molecule has 0 spiro atoms. The lowest BCUT2D eigenvalue weighted by atomic mass is 10.2. The summed E-state index contributed by atoms with van der Waals surface area (Å²) < 4.78 is 10.7. The van der Waals surface area contributed by atoms with E-state index < -0.39 is 0 Å². The van der Waals surface area contributed by atoms with Gasteiger partial charge in [0, 0.05) is 32.4 Å². The van der Waals surface area contributed by atoms with Crippen LogP contribution in [-0.4, -0.2) is 69.3 Å². The quantitative estimate of drug-likeness (QED) is 0.748. The highest BCUT2D eigenvalue weighted by Crippen LogP contribution is 2.17. The predicted octanol–water partition coefficient (Wildman–Crippen LogP) is 1.65. The number of likely N-dealkylation sites (N-methyl/N-ethyl adjacent to an activating group) is 1. The minimum absolute atomic E-state index is 0.147. The fourth-order valence-corrected chi connectivity index (χ4v) is 2.85. The summed E-state index contributed by atoms with van der Waals surface area (Å²) in [5, 5.41) is 2.85. The van der Waals surface area contributed by atoms with Crippen LogP contribution in [0.4, 0.5) is 5.82 Å². The predicted molar refractivity (Wildman–Crippen MR) is 105 cm³/mol. The summed E-state index contributed by atoms with van der Waals surface area (Å²) in [4.78, 5) is 21.2. The van der Waals surface area contributed by atoms with E-state index in [4.69, 9.17) is 9.47 Å². The van der Waals surface area contributed by atoms with Crippen LogP contribution in [-0.2, 0) is 0 Å². The normalized spacial score (nSPS) is 14.7. The van der Waals surface area contributed by atoms with Gasteiger partial charge in [0.25, 0.3) is 5.91 Å². The molecule has 1 aliphatic rings. The van der Waals surface area contributed by atoms with Crippen molar-refractivity contribution in [1.29, 1.82) is 0 Å². The monoisotopic (exact) mass is 370 g/mol. The van der Waals surface area contributed by atoms with E-state index in [0.717, 1.165) is 43.5 Å². The second kappa shape index (κ2) is 9.23. The second-order valence-corrected chi connectivity index (χ2v) is 6.48. The van der Waals surface area contributed by atoms with Crippen LogP contribution < -0.4 is 19.7 Å². The maximum absolute atomic E-state index is 12.2. The van der Waals surface area contributed by atoms with Gasteiger partial charge in [0.05, 0.1) is 19.2 Å². The summed E-state index contributed by atoms with van der Waals surface area (Å²) >= 11 is 0. The average Bonchev–Trinajstić information content (AvgIpc) is 2.72. The number of nitrogens with one attached hydrogen (secondary N) is 1. The van der Waals surface area contributed by atoms with Crippen LogP contribution in [0, 0.1) is 0 Å². The van der Waals surface area contributed by atoms with Crippen LogP contribution in [0.2, 0.25) is 0 Å². The Balaban J connectivity index is 1.42. The van der Waals surface area contributed by atoms with Crippen molar-refractivity contribution in [3.8, 4) is 11.5 Å². The lowest BCUT2D eigenvalue weighted by Gasteiger charge is -2.33. The summed E-state index contributed by atoms with van der Waals surface area (Å²) in [6, 6.07) is 11.1. The molecule has 0 unspecified atom stereocenters. The Labute approximate surface area is 159 Å². The highest BCUT2D eigenvalue weighted by Gasteiger charge is 2.15. The number of hydrogen-bond acceptors (Lipinski definition) is 6. The van der Waals surface area contributed by atoms with Gasteiger partial charge < -0.3 is 24.6 Å². The molecular weight excluding hydrogens is 344 g/mol. The molecule has 1 aliphatic heterocycles. The van der Waals surface area contributed by atoms with E-state index in [1.165, 1.54) is 0 Å². The van der Waals surface area contributed by atoms with E-state index in [1.54, 1.807) is 13.3 Å². The number of nitrogens with zero attached hydrogens (tertiary/aromatic N) is 3. The molecule has 7 nitrogen and oxygen atoms in total. The van der Waals surface area contributed by atoms with Gasteiger partial charge in [0.2, 0.25) is 0 Å². The second-order valence-electron chi connectivity index (χ2n) is 6.48. The Kier molecular flexibility index (Phi) is 6.49. The van der Waals surface area contributed by atoms with Gasteiger partial charge in [-0.1, -0.05) is 0 Å². The molecule has 7 heteroatoms. The molecule has 1 fully saturated rings. The number of aromatic nitrogens is 1. The number of hydrogen-bond donors (Lipinski definition) is 1. The summed E-state index contributed by atoms with van der Waals surface area (Å²) in [5.74, 6) is 2.29. The molecule has 1 aromatic carbocycles. The number of anilines is 1. The molecule has 2 heterocycles. The molecule has 0 radical (unpaired) electrons. The van der Waals surface area contributed by atoms with Crippen LogP contribution >= 0.6 is 0 Å². The van der Waals surface area contributed by atoms with Gasteiger partial charge in [0.15, 0.2) is 0 Å². The van der Waals surface area contributed by atoms with Gasteiger partial charge in [-0.3, -0.25) is 4.79 Å². The molecule has 1 N–H and O–H groups in total. The third-order valence-corrected chi connectivity index (χ3v) is 4.55. The zero-order valence-electron chi connectivity index (χ0n) is 15.9. The maximum atomic E-state index is 12.2. The molecule has 0 atom stereocenters. The highest BCUT2D eigenvalue weighted by molar-refractivity contribution is 5.94. The molecule has 27 heavy (non-hydrogen) atoms. The summed E-state index contributed by atoms with van der Waals surface area (Å²) in [7, 11) is 3.74. The van der Waals surface area contributed by atoms with Gasteiger partial charge in [0.1, 0.15) is 23.9 Å². The smallest absolute Gasteiger partial charge is 0.252 e. The number of amides is 1. The van der Waals surface area contributed by atoms with Crippen molar-refractivity contribution in [1.82, 2.24) is 15.2 Å². The standard InChI is InChI=1S/C20H26N4O3/c1-23-10-12-24(13-11-23)19-8-3-16(15-22-19)20(25)21-9-14-27-18-6-4-17(26-2)5-7-18/h3-8,15H,9-14H2,1-2H3,(H,21,25). The average molecular weight is 370 g/mol. The van der Waals surface area contributed by atoms with E-state index in [9.17, 15) is 4.79 Å². The first kappa shape index (κ1) is 19.0. The highest BCUT2D eigenvalue weighted by atomic mass is 16.5. The Hall–Kier alpha value is -2.80. The fraction of sp³-hybridized carbons (Fsp3) is 0.400. The van der Waals surface area contributed by atoms with Crippen LogP contribution in [0.15, 0.2) is 42.6 Å². The molecule has 3 rings (SSSR count). The van der Waals surface area contributed by atoms with Gasteiger partial charge in [-0.05, 0) is 43.4 Å². The number of rotatable bonds is 7. The molecule has 1 amide bonds. The van der Waals surface area contributed by atoms with Crippen LogP contribution in [0.5, 0.6) is 11.5 Å². The molecule has 2 aromatic rings. The molecule has 0 aliphatic carbocycles. The largest absolute Gasteiger partial charge is 0.497 e. The van der Waals surface area contributed by atoms with E-state index in [1.807, 2.05) is 36.4 Å². The zero-order valence-corrected chi connectivity index (χ0v) is 15.9. The molecule has 1 aromatic heterocycles. The Morgan fingerprint density at radius 2 is 1.78 bits per heavy atom. The number of ether oxygens (including phenoxy) is 2. The van der Waals surface area contributed by atoms with Gasteiger partial charge in [-0.15, -0.1) is 0 Å². The number of methoxy groups -OCH3 is 1. The summed E-state index contributed by atoms with van der Waals surface area (Å²) in [6.07, 6.45) is 1.63. The molecular formula is C20H26N4O3. The summed E-state index contributed by atoms with van der Waals surface area (Å²) in [6.45, 7) is 4.78. The first-order valence-electron chi connectivity index (χ1n) is 9.10. The minimum atomic E-state index is -0.147. The summed E-state index contributed by atoms with van der Waals surface area (Å²) in [5.41, 5.74) is 0.553. The fourth-order valence-electron chi connectivity index (χ4n) is 2.85. The van der Waals surface area contributed by atoms with E-state index in [2.05, 4.69) is 27.1 Å². The Bertz CT molecular complexity index is 726. The minimum Gasteiger partial charge on any atom is -0.497 e. The maximum Gasteiger partial charge on any atom is 0.252 e. The van der Waals surface area contributed by atoms with Crippen molar-refractivity contribution in [3.63, 3.8) is 0 Å². The van der Waals surface area contributed by atoms with Gasteiger partial charge in [-0.25, -0.2) is 4.98 Å². The number of carbonyl (C=O) groups is 1. The molecule has 1 saturated heterocycles. The third kappa shape index (κ3) is 5.34. The van der Waals surface area contributed by atoms with Crippen LogP contribution in [0.3, 0.4) is 0 Å². The number of carbonyl (C=O) groups excluding carboxylic acids is 1. The van der Waals surface area contributed by atoms with Crippen molar-refractivity contribution < 1.29 is 14.3 Å². The molecule has 0 bridgehead atoms. The first-order valence-corrected chi connectivity index (χ1v) is 9.10. The zero-order chi connectivity index (χ0) is 19.1. The lowest BCUT2D eigenvalue weighted by Crippen LogP contribution is -2.44. The SMILES string of the molecule is COc1ccc(OCCNC(=O)c2ccc(N3CCN(C)CC3)nc2)cc1. The third-order valence-electron chi connectivity index (χ3n) is 4.55. The van der Waals surface area contributed by atoms with Gasteiger partial charge in [-0.2, -0.15) is 0 Å². The van der Waals surface area contributed by atoms with Crippen molar-refractivity contribution in [2.24, 2.45) is 0 Å². The Morgan fingerprint density at radius 3 is 2.41 bits per heavy atom.